The van der Waals surface area contributed by atoms with E-state index in [0.29, 0.717) is 24.9 Å². The van der Waals surface area contributed by atoms with Crippen molar-refractivity contribution >= 4 is 17.5 Å². The number of rotatable bonds is 5. The van der Waals surface area contributed by atoms with Crippen LogP contribution in [0.25, 0.3) is 0 Å². The number of hydrogen-bond acceptors (Lipinski definition) is 2. The maximum absolute atomic E-state index is 12.7. The zero-order valence-corrected chi connectivity index (χ0v) is 18.5. The minimum absolute atomic E-state index is 0.0536. The van der Waals surface area contributed by atoms with E-state index in [1.165, 1.54) is 16.2 Å². The standard InChI is InChI=1S/C23H36N4O2/c1-17-12-18(2)14-26(13-17)16-22(29)27-10-8-25(9-11-27)15-21(28)24-23-19(3)6-5-7-20(23)4/h5-7,17-18H,8-16H2,1-4H3,(H,24,28)/p+2/t17-,18-/m0/s1. The molecule has 2 aliphatic rings. The van der Waals surface area contributed by atoms with Gasteiger partial charge in [-0.2, -0.15) is 0 Å². The van der Waals surface area contributed by atoms with Crippen molar-refractivity contribution in [2.45, 2.75) is 34.1 Å². The van der Waals surface area contributed by atoms with Crippen LogP contribution in [0.1, 0.15) is 31.4 Å². The first-order valence-electron chi connectivity index (χ1n) is 11.1. The Morgan fingerprint density at radius 2 is 1.59 bits per heavy atom. The molecule has 2 fully saturated rings. The largest absolute Gasteiger partial charge is 0.327 e. The Hall–Kier alpha value is -1.92. The molecule has 2 heterocycles. The molecular formula is C23H38N4O2+2. The van der Waals surface area contributed by atoms with Crippen molar-refractivity contribution in [1.82, 2.24) is 4.90 Å². The molecule has 0 spiro atoms. The van der Waals surface area contributed by atoms with Gasteiger partial charge in [0.05, 0.1) is 39.3 Å². The summed E-state index contributed by atoms with van der Waals surface area (Å²) in [5.41, 5.74) is 3.11. The summed E-state index contributed by atoms with van der Waals surface area (Å²) in [5, 5.41) is 3.08. The Morgan fingerprint density at radius 1 is 1.00 bits per heavy atom. The Morgan fingerprint density at radius 3 is 2.17 bits per heavy atom. The second-order valence-electron chi connectivity index (χ2n) is 9.40. The minimum Gasteiger partial charge on any atom is -0.327 e. The van der Waals surface area contributed by atoms with E-state index in [0.717, 1.165) is 56.1 Å². The Labute approximate surface area is 175 Å². The molecule has 3 rings (SSSR count). The Balaban J connectivity index is 1.43. The number of amides is 2. The number of likely N-dealkylation sites (tertiary alicyclic amines) is 1. The number of anilines is 1. The smallest absolute Gasteiger partial charge is 0.279 e. The molecule has 6 heteroatoms. The van der Waals surface area contributed by atoms with Gasteiger partial charge in [0.15, 0.2) is 13.1 Å². The summed E-state index contributed by atoms with van der Waals surface area (Å²) >= 11 is 0. The molecule has 0 saturated carbocycles. The number of nitrogens with zero attached hydrogens (tertiary/aromatic N) is 1. The molecule has 2 amide bonds. The van der Waals surface area contributed by atoms with Crippen molar-refractivity contribution in [3.05, 3.63) is 29.3 Å². The lowest BCUT2D eigenvalue weighted by atomic mass is 9.92. The van der Waals surface area contributed by atoms with Gasteiger partial charge >= 0.3 is 0 Å². The number of carbonyl (C=O) groups excluding carboxylic acids is 2. The fourth-order valence-corrected chi connectivity index (χ4v) is 5.06. The van der Waals surface area contributed by atoms with Gasteiger partial charge in [0.2, 0.25) is 0 Å². The SMILES string of the molecule is Cc1cccc(C)c1NC(=O)C[NH+]1CCN(C(=O)C[NH+]2C[C@@H](C)C[C@H](C)C2)CC1. The molecule has 29 heavy (non-hydrogen) atoms. The monoisotopic (exact) mass is 402 g/mol. The van der Waals surface area contributed by atoms with Crippen LogP contribution in [-0.2, 0) is 9.59 Å². The van der Waals surface area contributed by atoms with E-state index in [4.69, 9.17) is 0 Å². The van der Waals surface area contributed by atoms with Crippen LogP contribution in [0.2, 0.25) is 0 Å². The van der Waals surface area contributed by atoms with Gasteiger partial charge in [-0.05, 0) is 31.4 Å². The summed E-state index contributed by atoms with van der Waals surface area (Å²) in [5.74, 6) is 1.75. The molecule has 2 aliphatic heterocycles. The highest BCUT2D eigenvalue weighted by Gasteiger charge is 2.31. The van der Waals surface area contributed by atoms with Crippen LogP contribution >= 0.6 is 0 Å². The van der Waals surface area contributed by atoms with Crippen molar-refractivity contribution in [1.29, 1.82) is 0 Å². The van der Waals surface area contributed by atoms with Crippen LogP contribution < -0.4 is 15.1 Å². The van der Waals surface area contributed by atoms with E-state index in [9.17, 15) is 9.59 Å². The number of hydrogen-bond donors (Lipinski definition) is 3. The zero-order chi connectivity index (χ0) is 21.0. The summed E-state index contributed by atoms with van der Waals surface area (Å²) in [7, 11) is 0. The Bertz CT molecular complexity index is 697. The Kier molecular flexibility index (Phi) is 7.30. The van der Waals surface area contributed by atoms with E-state index >= 15 is 0 Å². The van der Waals surface area contributed by atoms with Crippen molar-refractivity contribution in [2.24, 2.45) is 11.8 Å². The maximum Gasteiger partial charge on any atom is 0.279 e. The van der Waals surface area contributed by atoms with Gasteiger partial charge in [-0.1, -0.05) is 32.0 Å². The fraction of sp³-hybridized carbons (Fsp3) is 0.652. The molecule has 0 aromatic heterocycles. The molecule has 1 aromatic rings. The van der Waals surface area contributed by atoms with Gasteiger partial charge < -0.3 is 20.0 Å². The second-order valence-corrected chi connectivity index (χ2v) is 9.40. The predicted octanol–water partition coefficient (Wildman–Crippen LogP) is -0.470. The lowest BCUT2D eigenvalue weighted by Gasteiger charge is -2.35. The quantitative estimate of drug-likeness (QED) is 0.624. The van der Waals surface area contributed by atoms with Gasteiger partial charge in [-0.3, -0.25) is 9.59 Å². The third-order valence-electron chi connectivity index (χ3n) is 6.46. The molecule has 6 nitrogen and oxygen atoms in total. The van der Waals surface area contributed by atoms with Gasteiger partial charge in [-0.25, -0.2) is 0 Å². The predicted molar refractivity (Wildman–Crippen MR) is 115 cm³/mol. The molecule has 0 unspecified atom stereocenters. The third kappa shape index (κ3) is 6.03. The highest BCUT2D eigenvalue weighted by Crippen LogP contribution is 2.18. The number of benzene rings is 1. The normalized spacial score (nSPS) is 25.7. The van der Waals surface area contributed by atoms with Crippen LogP contribution in [0.3, 0.4) is 0 Å². The van der Waals surface area contributed by atoms with Gasteiger partial charge in [0, 0.05) is 17.5 Å². The summed E-state index contributed by atoms with van der Waals surface area (Å²) in [6.07, 6.45) is 1.28. The van der Waals surface area contributed by atoms with Crippen LogP contribution in [-0.4, -0.2) is 69.1 Å². The second kappa shape index (κ2) is 9.72. The van der Waals surface area contributed by atoms with Crippen LogP contribution in [0.5, 0.6) is 0 Å². The van der Waals surface area contributed by atoms with Gasteiger partial charge in [0.25, 0.3) is 11.8 Å². The summed E-state index contributed by atoms with van der Waals surface area (Å²) in [4.78, 5) is 29.9. The fourth-order valence-electron chi connectivity index (χ4n) is 5.06. The zero-order valence-electron chi connectivity index (χ0n) is 18.5. The van der Waals surface area contributed by atoms with Crippen molar-refractivity contribution in [2.75, 3.05) is 57.7 Å². The molecule has 0 radical (unpaired) electrons. The first-order chi connectivity index (χ1) is 13.8. The van der Waals surface area contributed by atoms with Gasteiger partial charge in [0.1, 0.15) is 0 Å². The van der Waals surface area contributed by atoms with Crippen molar-refractivity contribution in [3.8, 4) is 0 Å². The van der Waals surface area contributed by atoms with Crippen LogP contribution in [0, 0.1) is 25.7 Å². The summed E-state index contributed by atoms with van der Waals surface area (Å²) < 4.78 is 0. The summed E-state index contributed by atoms with van der Waals surface area (Å²) in [6.45, 7) is 15.1. The number of quaternary nitrogens is 2. The van der Waals surface area contributed by atoms with E-state index in [-0.39, 0.29) is 11.8 Å². The molecule has 2 atom stereocenters. The number of para-hydroxylation sites is 1. The van der Waals surface area contributed by atoms with E-state index in [1.54, 1.807) is 0 Å². The number of aryl methyl sites for hydroxylation is 2. The lowest BCUT2D eigenvalue weighted by Crippen LogP contribution is -3.17. The molecule has 2 saturated heterocycles. The van der Waals surface area contributed by atoms with Gasteiger partial charge in [-0.15, -0.1) is 0 Å². The number of carbonyl (C=O) groups is 2. The van der Waals surface area contributed by atoms with E-state index in [2.05, 4.69) is 19.2 Å². The van der Waals surface area contributed by atoms with E-state index in [1.807, 2.05) is 36.9 Å². The molecule has 160 valence electrons. The molecular weight excluding hydrogens is 364 g/mol. The highest BCUT2D eigenvalue weighted by atomic mass is 16.2. The number of piperidine rings is 1. The lowest BCUT2D eigenvalue weighted by molar-refractivity contribution is -0.905. The van der Waals surface area contributed by atoms with Crippen molar-refractivity contribution < 1.29 is 19.4 Å². The average molecular weight is 403 g/mol. The highest BCUT2D eigenvalue weighted by molar-refractivity contribution is 5.93. The average Bonchev–Trinajstić information content (AvgIpc) is 2.64. The van der Waals surface area contributed by atoms with Crippen molar-refractivity contribution in [3.63, 3.8) is 0 Å². The van der Waals surface area contributed by atoms with Crippen LogP contribution in [0.15, 0.2) is 18.2 Å². The third-order valence-corrected chi connectivity index (χ3v) is 6.46. The molecule has 0 bridgehead atoms. The van der Waals surface area contributed by atoms with Crippen LogP contribution in [0.4, 0.5) is 5.69 Å². The molecule has 0 aliphatic carbocycles. The topological polar surface area (TPSA) is 58.3 Å². The maximum atomic E-state index is 12.7. The minimum atomic E-state index is 0.0536. The number of piperazine rings is 1. The first kappa shape index (κ1) is 21.8. The summed E-state index contributed by atoms with van der Waals surface area (Å²) in [6, 6.07) is 6.05. The van der Waals surface area contributed by atoms with E-state index < -0.39 is 0 Å². The molecule has 3 N–H and O–H groups in total. The molecule has 1 aromatic carbocycles. The number of nitrogens with one attached hydrogen (secondary N) is 3. The first-order valence-corrected chi connectivity index (χ1v) is 11.1.